The average molecular weight is 336 g/mol. The third-order valence-corrected chi connectivity index (χ3v) is 4.79. The van der Waals surface area contributed by atoms with Crippen LogP contribution in [0, 0.1) is 0 Å². The molecular formula is C16H22BrN3. The maximum Gasteiger partial charge on any atom is 0.191 e. The second kappa shape index (κ2) is 5.76. The summed E-state index contributed by atoms with van der Waals surface area (Å²) in [4.78, 5) is 4.82. The molecule has 2 aliphatic carbocycles. The molecule has 0 heterocycles. The number of aliphatic imine (C=N–C) groups is 1. The maximum absolute atomic E-state index is 4.82. The summed E-state index contributed by atoms with van der Waals surface area (Å²) in [5, 5.41) is 6.83. The van der Waals surface area contributed by atoms with Gasteiger partial charge >= 0.3 is 0 Å². The molecule has 2 saturated carbocycles. The molecule has 3 rings (SSSR count). The monoisotopic (exact) mass is 335 g/mol. The van der Waals surface area contributed by atoms with Crippen LogP contribution >= 0.6 is 15.9 Å². The molecule has 0 bridgehead atoms. The first kappa shape index (κ1) is 13.9. The molecule has 2 aliphatic rings. The number of nitrogens with one attached hydrogen (secondary N) is 2. The van der Waals surface area contributed by atoms with E-state index in [1.54, 1.807) is 0 Å². The van der Waals surface area contributed by atoms with Crippen LogP contribution in [0.5, 0.6) is 0 Å². The molecule has 4 heteroatoms. The maximum atomic E-state index is 4.82. The molecule has 108 valence electrons. The van der Waals surface area contributed by atoms with E-state index in [-0.39, 0.29) is 5.41 Å². The van der Waals surface area contributed by atoms with E-state index in [4.69, 9.17) is 4.99 Å². The molecule has 0 atom stereocenters. The highest BCUT2D eigenvalue weighted by molar-refractivity contribution is 9.10. The van der Waals surface area contributed by atoms with Crippen molar-refractivity contribution in [3.8, 4) is 0 Å². The van der Waals surface area contributed by atoms with Gasteiger partial charge in [-0.1, -0.05) is 34.1 Å². The van der Waals surface area contributed by atoms with Gasteiger partial charge in [0.1, 0.15) is 0 Å². The second-order valence-electron chi connectivity index (χ2n) is 5.87. The van der Waals surface area contributed by atoms with Crippen molar-refractivity contribution in [2.24, 2.45) is 4.99 Å². The third-order valence-electron chi connectivity index (χ3n) is 4.10. The average Bonchev–Trinajstić information content (AvgIpc) is 3.33. The minimum Gasteiger partial charge on any atom is -0.357 e. The smallest absolute Gasteiger partial charge is 0.191 e. The van der Waals surface area contributed by atoms with Crippen molar-refractivity contribution in [3.63, 3.8) is 0 Å². The lowest BCUT2D eigenvalue weighted by Gasteiger charge is -2.17. The first-order valence-electron chi connectivity index (χ1n) is 7.53. The molecule has 3 nitrogen and oxygen atoms in total. The minimum atomic E-state index is 0.256. The Labute approximate surface area is 129 Å². The fourth-order valence-corrected chi connectivity index (χ4v) is 3.23. The summed E-state index contributed by atoms with van der Waals surface area (Å²) in [5.41, 5.74) is 1.66. The lowest BCUT2D eigenvalue weighted by Crippen LogP contribution is -2.39. The lowest BCUT2D eigenvalue weighted by molar-refractivity contribution is 0.689. The number of rotatable bonds is 5. The number of hydrogen-bond donors (Lipinski definition) is 2. The van der Waals surface area contributed by atoms with Crippen molar-refractivity contribution < 1.29 is 0 Å². The van der Waals surface area contributed by atoms with Gasteiger partial charge in [0.2, 0.25) is 0 Å². The van der Waals surface area contributed by atoms with Gasteiger partial charge in [-0.25, -0.2) is 0 Å². The fourth-order valence-electron chi connectivity index (χ4n) is 2.53. The molecule has 0 unspecified atom stereocenters. The predicted molar refractivity (Wildman–Crippen MR) is 87.2 cm³/mol. The SMILES string of the molecule is CCNC(=NCC1(c2ccccc2Br)CC1)NC1CC1. The number of guanidine groups is 1. The van der Waals surface area contributed by atoms with Crippen molar-refractivity contribution in [1.29, 1.82) is 0 Å². The molecule has 1 aromatic rings. The highest BCUT2D eigenvalue weighted by Crippen LogP contribution is 2.50. The van der Waals surface area contributed by atoms with Crippen molar-refractivity contribution in [1.82, 2.24) is 10.6 Å². The van der Waals surface area contributed by atoms with Gasteiger partial charge in [-0.05, 0) is 44.2 Å². The van der Waals surface area contributed by atoms with E-state index in [2.05, 4.69) is 57.8 Å². The molecule has 0 radical (unpaired) electrons. The van der Waals surface area contributed by atoms with Gasteiger partial charge in [0, 0.05) is 22.5 Å². The predicted octanol–water partition coefficient (Wildman–Crippen LogP) is 3.20. The Morgan fingerprint density at radius 1 is 1.35 bits per heavy atom. The van der Waals surface area contributed by atoms with Gasteiger partial charge in [0.25, 0.3) is 0 Å². The zero-order valence-corrected chi connectivity index (χ0v) is 13.5. The van der Waals surface area contributed by atoms with Crippen LogP contribution in [0.1, 0.15) is 38.2 Å². The van der Waals surface area contributed by atoms with Crippen LogP contribution in [-0.2, 0) is 5.41 Å². The van der Waals surface area contributed by atoms with Crippen molar-refractivity contribution in [3.05, 3.63) is 34.3 Å². The summed E-state index contributed by atoms with van der Waals surface area (Å²) in [5.74, 6) is 0.980. The highest BCUT2D eigenvalue weighted by atomic mass is 79.9. The Kier molecular flexibility index (Phi) is 4.01. The second-order valence-corrected chi connectivity index (χ2v) is 6.73. The Bertz CT molecular complexity index is 504. The third kappa shape index (κ3) is 3.17. The molecule has 2 fully saturated rings. The molecular weight excluding hydrogens is 314 g/mol. The Balaban J connectivity index is 1.70. The van der Waals surface area contributed by atoms with Gasteiger partial charge in [0.15, 0.2) is 5.96 Å². The summed E-state index contributed by atoms with van der Waals surface area (Å²) in [6.45, 7) is 3.91. The van der Waals surface area contributed by atoms with Crippen molar-refractivity contribution in [2.75, 3.05) is 13.1 Å². The Morgan fingerprint density at radius 3 is 2.70 bits per heavy atom. The topological polar surface area (TPSA) is 36.4 Å². The van der Waals surface area contributed by atoms with Gasteiger partial charge < -0.3 is 10.6 Å². The standard InChI is InChI=1S/C16H22BrN3/c1-2-18-15(20-12-7-8-12)19-11-16(9-10-16)13-5-3-4-6-14(13)17/h3-6,12H,2,7-11H2,1H3,(H2,18,19,20). The van der Waals surface area contributed by atoms with Crippen LogP contribution in [0.3, 0.4) is 0 Å². The molecule has 0 aliphatic heterocycles. The molecule has 1 aromatic carbocycles. The number of hydrogen-bond acceptors (Lipinski definition) is 1. The quantitative estimate of drug-likeness (QED) is 0.640. The summed E-state index contributed by atoms with van der Waals surface area (Å²) in [6.07, 6.45) is 5.03. The van der Waals surface area contributed by atoms with E-state index in [1.807, 2.05) is 0 Å². The van der Waals surface area contributed by atoms with Crippen LogP contribution < -0.4 is 10.6 Å². The van der Waals surface area contributed by atoms with Gasteiger partial charge in [-0.2, -0.15) is 0 Å². The van der Waals surface area contributed by atoms with Crippen molar-refractivity contribution >= 4 is 21.9 Å². The molecule has 20 heavy (non-hydrogen) atoms. The zero-order chi connectivity index (χ0) is 14.0. The van der Waals surface area contributed by atoms with Crippen LogP contribution in [0.25, 0.3) is 0 Å². The zero-order valence-electron chi connectivity index (χ0n) is 12.0. The molecule has 0 spiro atoms. The Hall–Kier alpha value is -1.03. The summed E-state index contributed by atoms with van der Waals surface area (Å²) in [6, 6.07) is 9.20. The summed E-state index contributed by atoms with van der Waals surface area (Å²) < 4.78 is 1.22. The summed E-state index contributed by atoms with van der Waals surface area (Å²) >= 11 is 3.68. The normalized spacial score (nSPS) is 20.6. The molecule has 0 saturated heterocycles. The molecule has 2 N–H and O–H groups in total. The van der Waals surface area contributed by atoms with Gasteiger partial charge in [-0.15, -0.1) is 0 Å². The summed E-state index contributed by atoms with van der Waals surface area (Å²) in [7, 11) is 0. The van der Waals surface area contributed by atoms with Crippen LogP contribution in [-0.4, -0.2) is 25.1 Å². The van der Waals surface area contributed by atoms with Gasteiger partial charge in [-0.3, -0.25) is 4.99 Å². The number of benzene rings is 1. The number of nitrogens with zero attached hydrogens (tertiary/aromatic N) is 1. The van der Waals surface area contributed by atoms with Crippen LogP contribution in [0.4, 0.5) is 0 Å². The largest absolute Gasteiger partial charge is 0.357 e. The van der Waals surface area contributed by atoms with E-state index in [0.717, 1.165) is 19.0 Å². The van der Waals surface area contributed by atoms with Crippen LogP contribution in [0.2, 0.25) is 0 Å². The first-order valence-corrected chi connectivity index (χ1v) is 8.33. The van der Waals surface area contributed by atoms with Crippen molar-refractivity contribution in [2.45, 2.75) is 44.1 Å². The van der Waals surface area contributed by atoms with E-state index < -0.39 is 0 Å². The van der Waals surface area contributed by atoms with E-state index in [1.165, 1.54) is 35.7 Å². The number of halogens is 1. The van der Waals surface area contributed by atoms with E-state index in [0.29, 0.717) is 6.04 Å². The lowest BCUT2D eigenvalue weighted by atomic mass is 9.96. The highest BCUT2D eigenvalue weighted by Gasteiger charge is 2.45. The van der Waals surface area contributed by atoms with Gasteiger partial charge in [0.05, 0.1) is 6.54 Å². The van der Waals surface area contributed by atoms with Crippen LogP contribution in [0.15, 0.2) is 33.7 Å². The minimum absolute atomic E-state index is 0.256. The first-order chi connectivity index (χ1) is 9.73. The Morgan fingerprint density at radius 2 is 2.10 bits per heavy atom. The van der Waals surface area contributed by atoms with E-state index >= 15 is 0 Å². The molecule has 0 aromatic heterocycles. The molecule has 0 amide bonds. The van der Waals surface area contributed by atoms with E-state index in [9.17, 15) is 0 Å². The fraction of sp³-hybridized carbons (Fsp3) is 0.562.